The highest BCUT2D eigenvalue weighted by molar-refractivity contribution is 7.89. The molecule has 1 aliphatic heterocycles. The van der Waals surface area contributed by atoms with Gasteiger partial charge in [-0.1, -0.05) is 24.3 Å². The molecule has 1 aromatic heterocycles. The van der Waals surface area contributed by atoms with Crippen molar-refractivity contribution in [1.82, 2.24) is 14.2 Å². The number of likely N-dealkylation sites (N-methyl/N-ethyl adjacent to an activating group) is 1. The Morgan fingerprint density at radius 3 is 2.37 bits per heavy atom. The molecule has 35 heavy (non-hydrogen) atoms. The monoisotopic (exact) mass is 540 g/mol. The number of anilines is 1. The van der Waals surface area contributed by atoms with E-state index in [1.165, 1.54) is 38.7 Å². The van der Waals surface area contributed by atoms with E-state index in [0.717, 1.165) is 12.8 Å². The van der Waals surface area contributed by atoms with Gasteiger partial charge in [-0.05, 0) is 69.3 Å². The number of piperidine rings is 1. The van der Waals surface area contributed by atoms with Gasteiger partial charge in [0.1, 0.15) is 11.3 Å². The zero-order chi connectivity index (χ0) is 24.5. The van der Waals surface area contributed by atoms with Gasteiger partial charge in [0.15, 0.2) is 5.13 Å². The zero-order valence-corrected chi connectivity index (χ0v) is 22.4. The summed E-state index contributed by atoms with van der Waals surface area (Å²) in [7, 11) is 0.215. The summed E-state index contributed by atoms with van der Waals surface area (Å²) in [5.74, 6) is -0.214. The maximum atomic E-state index is 14.2. The average molecular weight is 541 g/mol. The number of benzene rings is 2. The molecule has 0 aliphatic carbocycles. The third kappa shape index (κ3) is 6.00. The minimum atomic E-state index is -3.59. The van der Waals surface area contributed by atoms with Crippen LogP contribution in [0.5, 0.6) is 0 Å². The molecule has 1 fully saturated rings. The van der Waals surface area contributed by atoms with E-state index in [9.17, 15) is 17.6 Å². The van der Waals surface area contributed by atoms with Crippen molar-refractivity contribution in [2.75, 3.05) is 45.2 Å². The molecule has 1 amide bonds. The Bertz CT molecular complexity index is 1270. The molecule has 0 atom stereocenters. The Morgan fingerprint density at radius 1 is 1.11 bits per heavy atom. The quantitative estimate of drug-likeness (QED) is 0.441. The highest BCUT2D eigenvalue weighted by Gasteiger charge is 2.29. The summed E-state index contributed by atoms with van der Waals surface area (Å²) in [5, 5.41) is 0.408. The molecule has 2 aromatic carbocycles. The molecular formula is C24H30ClFN4O3S2. The van der Waals surface area contributed by atoms with Crippen LogP contribution in [-0.2, 0) is 10.0 Å². The number of thiazole rings is 1. The van der Waals surface area contributed by atoms with Gasteiger partial charge in [-0.15, -0.1) is 12.4 Å². The standard InChI is InChI=1S/C24H29FN4O3S2.ClH/c1-17-11-13-28(14-12-17)34(31,32)19-9-7-18(8-10-19)23(30)29(16-15-27(2)3)24-26-22-20(25)5-4-6-21(22)33-24;/h4-10,17H,11-16H2,1-3H3;1H. The molecule has 0 spiro atoms. The summed E-state index contributed by atoms with van der Waals surface area (Å²) in [6, 6.07) is 10.8. The summed E-state index contributed by atoms with van der Waals surface area (Å²) >= 11 is 1.25. The molecule has 0 N–H and O–H groups in total. The van der Waals surface area contributed by atoms with E-state index in [1.54, 1.807) is 24.3 Å². The molecule has 11 heteroatoms. The molecule has 0 unspecified atom stereocenters. The fraction of sp³-hybridized carbons (Fsp3) is 0.417. The fourth-order valence-electron chi connectivity index (χ4n) is 3.90. The van der Waals surface area contributed by atoms with Crippen LogP contribution in [0.2, 0.25) is 0 Å². The molecule has 0 bridgehead atoms. The molecule has 7 nitrogen and oxygen atoms in total. The van der Waals surface area contributed by atoms with E-state index in [1.807, 2.05) is 19.0 Å². The predicted molar refractivity (Wildman–Crippen MR) is 141 cm³/mol. The van der Waals surface area contributed by atoms with Crippen LogP contribution in [0.3, 0.4) is 0 Å². The highest BCUT2D eigenvalue weighted by Crippen LogP contribution is 2.31. The van der Waals surface area contributed by atoms with Crippen LogP contribution in [-0.4, -0.2) is 68.8 Å². The van der Waals surface area contributed by atoms with Crippen LogP contribution in [0.1, 0.15) is 30.1 Å². The minimum Gasteiger partial charge on any atom is -0.308 e. The van der Waals surface area contributed by atoms with Crippen molar-refractivity contribution in [3.8, 4) is 0 Å². The molecule has 3 aromatic rings. The Kier molecular flexibility index (Phi) is 8.87. The van der Waals surface area contributed by atoms with Gasteiger partial charge in [0.2, 0.25) is 10.0 Å². The molecule has 2 heterocycles. The van der Waals surface area contributed by atoms with Crippen molar-refractivity contribution in [3.63, 3.8) is 0 Å². The van der Waals surface area contributed by atoms with E-state index in [2.05, 4.69) is 11.9 Å². The van der Waals surface area contributed by atoms with Gasteiger partial charge in [0.05, 0.1) is 9.60 Å². The van der Waals surface area contributed by atoms with E-state index in [4.69, 9.17) is 0 Å². The second-order valence-corrected chi connectivity index (χ2v) is 11.9. The van der Waals surface area contributed by atoms with Crippen LogP contribution in [0, 0.1) is 11.7 Å². The average Bonchev–Trinajstić information content (AvgIpc) is 3.24. The Labute approximate surface area is 216 Å². The van der Waals surface area contributed by atoms with Gasteiger partial charge < -0.3 is 4.90 Å². The second kappa shape index (κ2) is 11.3. The molecule has 4 rings (SSSR count). The van der Waals surface area contributed by atoms with Crippen LogP contribution in [0.25, 0.3) is 10.2 Å². The number of halogens is 2. The second-order valence-electron chi connectivity index (χ2n) is 8.95. The molecule has 1 aliphatic rings. The molecule has 190 valence electrons. The molecular weight excluding hydrogens is 511 g/mol. The summed E-state index contributed by atoms with van der Waals surface area (Å²) in [5.41, 5.74) is 0.590. The van der Waals surface area contributed by atoms with Crippen molar-refractivity contribution in [3.05, 3.63) is 53.8 Å². The molecule has 0 radical (unpaired) electrons. The topological polar surface area (TPSA) is 73.8 Å². The van der Waals surface area contributed by atoms with Crippen molar-refractivity contribution in [2.24, 2.45) is 5.92 Å². The number of hydrogen-bond donors (Lipinski definition) is 0. The summed E-state index contributed by atoms with van der Waals surface area (Å²) in [4.78, 5) is 21.5. The Hall–Kier alpha value is -2.11. The lowest BCUT2D eigenvalue weighted by Gasteiger charge is -2.29. The van der Waals surface area contributed by atoms with Crippen LogP contribution in [0.15, 0.2) is 47.4 Å². The predicted octanol–water partition coefficient (Wildman–Crippen LogP) is 4.49. The van der Waals surface area contributed by atoms with Gasteiger partial charge in [-0.3, -0.25) is 9.69 Å². The largest absolute Gasteiger partial charge is 0.308 e. The van der Waals surface area contributed by atoms with E-state index >= 15 is 0 Å². The van der Waals surface area contributed by atoms with E-state index < -0.39 is 15.8 Å². The number of rotatable bonds is 7. The third-order valence-corrected chi connectivity index (χ3v) is 9.04. The van der Waals surface area contributed by atoms with Crippen molar-refractivity contribution >= 4 is 55.0 Å². The molecule has 1 saturated heterocycles. The zero-order valence-electron chi connectivity index (χ0n) is 20.0. The van der Waals surface area contributed by atoms with Crippen molar-refractivity contribution in [1.29, 1.82) is 0 Å². The van der Waals surface area contributed by atoms with Crippen LogP contribution < -0.4 is 4.90 Å². The Balaban J connectivity index is 0.00000342. The number of hydrogen-bond acceptors (Lipinski definition) is 6. The number of amides is 1. The summed E-state index contributed by atoms with van der Waals surface area (Å²) in [6.07, 6.45) is 1.69. The minimum absolute atomic E-state index is 0. The fourth-order valence-corrected chi connectivity index (χ4v) is 6.38. The first-order chi connectivity index (χ1) is 16.2. The number of aromatic nitrogens is 1. The smallest absolute Gasteiger partial charge is 0.260 e. The third-order valence-electron chi connectivity index (χ3n) is 6.09. The number of para-hydroxylation sites is 1. The first-order valence-corrected chi connectivity index (χ1v) is 13.5. The van der Waals surface area contributed by atoms with Crippen LogP contribution in [0.4, 0.5) is 9.52 Å². The van der Waals surface area contributed by atoms with Gasteiger partial charge >= 0.3 is 0 Å². The van der Waals surface area contributed by atoms with Crippen molar-refractivity contribution < 1.29 is 17.6 Å². The lowest BCUT2D eigenvalue weighted by Crippen LogP contribution is -2.38. The van der Waals surface area contributed by atoms with Crippen molar-refractivity contribution in [2.45, 2.75) is 24.7 Å². The normalized spacial score (nSPS) is 15.3. The summed E-state index contributed by atoms with van der Waals surface area (Å²) in [6.45, 7) is 4.10. The van der Waals surface area contributed by atoms with E-state index in [0.29, 0.717) is 47.5 Å². The lowest BCUT2D eigenvalue weighted by molar-refractivity contribution is 0.0985. The number of carbonyl (C=O) groups excluding carboxylic acids is 1. The highest BCUT2D eigenvalue weighted by atomic mass is 35.5. The molecule has 0 saturated carbocycles. The van der Waals surface area contributed by atoms with Gasteiger partial charge in [-0.25, -0.2) is 17.8 Å². The number of carbonyl (C=O) groups is 1. The van der Waals surface area contributed by atoms with E-state index in [-0.39, 0.29) is 28.7 Å². The maximum absolute atomic E-state index is 14.2. The summed E-state index contributed by atoms with van der Waals surface area (Å²) < 4.78 is 42.4. The first-order valence-electron chi connectivity index (χ1n) is 11.3. The van der Waals surface area contributed by atoms with Gasteiger partial charge in [0, 0.05) is 31.7 Å². The van der Waals surface area contributed by atoms with Gasteiger partial charge in [-0.2, -0.15) is 4.31 Å². The maximum Gasteiger partial charge on any atom is 0.260 e. The Morgan fingerprint density at radius 2 is 1.77 bits per heavy atom. The number of fused-ring (bicyclic) bond motifs is 1. The SMILES string of the molecule is CC1CCN(S(=O)(=O)c2ccc(C(=O)N(CCN(C)C)c3nc4c(F)cccc4s3)cc2)CC1.Cl. The van der Waals surface area contributed by atoms with Crippen LogP contribution >= 0.6 is 23.7 Å². The number of sulfonamides is 1. The number of nitrogens with zero attached hydrogens (tertiary/aromatic N) is 4. The first kappa shape index (κ1) is 27.5. The van der Waals surface area contributed by atoms with Gasteiger partial charge in [0.25, 0.3) is 5.91 Å². The lowest BCUT2D eigenvalue weighted by atomic mass is 10.0.